The van der Waals surface area contributed by atoms with E-state index in [2.05, 4.69) is 10.4 Å². The van der Waals surface area contributed by atoms with Crippen LogP contribution in [0.25, 0.3) is 0 Å². The first-order valence-corrected chi connectivity index (χ1v) is 6.58. The third kappa shape index (κ3) is 3.15. The monoisotopic (exact) mass is 277 g/mol. The predicted octanol–water partition coefficient (Wildman–Crippen LogP) is 2.90. The number of anilines is 1. The first-order chi connectivity index (χ1) is 9.11. The highest BCUT2D eigenvalue weighted by molar-refractivity contribution is 6.32. The summed E-state index contributed by atoms with van der Waals surface area (Å²) >= 11 is 6.17. The fourth-order valence-corrected chi connectivity index (χ4v) is 2.07. The van der Waals surface area contributed by atoms with Crippen LogP contribution in [0.1, 0.15) is 23.6 Å². The zero-order valence-electron chi connectivity index (χ0n) is 10.9. The van der Waals surface area contributed by atoms with Crippen molar-refractivity contribution in [1.82, 2.24) is 9.78 Å². The molecule has 19 heavy (non-hydrogen) atoms. The molecule has 0 bridgehead atoms. The normalized spacial score (nSPS) is 12.2. The smallest absolute Gasteiger partial charge is 0.247 e. The summed E-state index contributed by atoms with van der Waals surface area (Å²) in [5.41, 5.74) is 2.35. The van der Waals surface area contributed by atoms with E-state index in [0.717, 1.165) is 23.4 Å². The van der Waals surface area contributed by atoms with Crippen LogP contribution in [-0.2, 0) is 18.3 Å². The summed E-state index contributed by atoms with van der Waals surface area (Å²) in [4.78, 5) is 12.1. The minimum Gasteiger partial charge on any atom is -0.322 e. The number of benzene rings is 1. The Kier molecular flexibility index (Phi) is 4.22. The van der Waals surface area contributed by atoms with Gasteiger partial charge in [-0.15, -0.1) is 11.6 Å². The summed E-state index contributed by atoms with van der Waals surface area (Å²) in [6.45, 7) is 1.99. The SMILES string of the molecule is CCc1nn(C)cc1NC(=O)C(Cl)c1ccccc1. The second-order valence-electron chi connectivity index (χ2n) is 4.28. The van der Waals surface area contributed by atoms with E-state index in [1.807, 2.05) is 44.3 Å². The Hall–Kier alpha value is -1.81. The molecule has 1 unspecified atom stereocenters. The maximum atomic E-state index is 12.1. The fraction of sp³-hybridized carbons (Fsp3) is 0.286. The molecule has 0 saturated carbocycles. The lowest BCUT2D eigenvalue weighted by atomic mass is 10.1. The number of halogens is 1. The van der Waals surface area contributed by atoms with Crippen molar-refractivity contribution < 1.29 is 4.79 Å². The quantitative estimate of drug-likeness (QED) is 0.874. The highest BCUT2D eigenvalue weighted by Crippen LogP contribution is 2.23. The van der Waals surface area contributed by atoms with Crippen molar-refractivity contribution in [3.05, 3.63) is 47.8 Å². The van der Waals surface area contributed by atoms with E-state index in [4.69, 9.17) is 11.6 Å². The van der Waals surface area contributed by atoms with Gasteiger partial charge in [-0.25, -0.2) is 0 Å². The molecular weight excluding hydrogens is 262 g/mol. The van der Waals surface area contributed by atoms with Crippen LogP contribution in [0.5, 0.6) is 0 Å². The molecule has 1 amide bonds. The Morgan fingerprint density at radius 1 is 1.42 bits per heavy atom. The van der Waals surface area contributed by atoms with Crippen LogP contribution in [0.15, 0.2) is 36.5 Å². The van der Waals surface area contributed by atoms with Crippen LogP contribution in [0, 0.1) is 0 Å². The molecule has 0 aliphatic heterocycles. The van der Waals surface area contributed by atoms with E-state index >= 15 is 0 Å². The molecule has 1 atom stereocenters. The minimum atomic E-state index is -0.703. The zero-order valence-corrected chi connectivity index (χ0v) is 11.7. The van der Waals surface area contributed by atoms with E-state index in [1.165, 1.54) is 0 Å². The average molecular weight is 278 g/mol. The van der Waals surface area contributed by atoms with Crippen LogP contribution in [0.3, 0.4) is 0 Å². The third-order valence-electron chi connectivity index (χ3n) is 2.82. The number of aryl methyl sites for hydroxylation is 2. The van der Waals surface area contributed by atoms with Gasteiger partial charge in [-0.2, -0.15) is 5.10 Å². The summed E-state index contributed by atoms with van der Waals surface area (Å²) in [5, 5.41) is 6.40. The summed E-state index contributed by atoms with van der Waals surface area (Å²) in [6.07, 6.45) is 2.54. The molecule has 2 rings (SSSR count). The Morgan fingerprint density at radius 2 is 2.11 bits per heavy atom. The maximum absolute atomic E-state index is 12.1. The van der Waals surface area contributed by atoms with Crippen LogP contribution in [-0.4, -0.2) is 15.7 Å². The van der Waals surface area contributed by atoms with Crippen molar-refractivity contribution in [1.29, 1.82) is 0 Å². The molecule has 5 heteroatoms. The number of carbonyl (C=O) groups excluding carboxylic acids is 1. The first-order valence-electron chi connectivity index (χ1n) is 6.14. The van der Waals surface area contributed by atoms with Gasteiger partial charge in [0.05, 0.1) is 11.4 Å². The number of alkyl halides is 1. The lowest BCUT2D eigenvalue weighted by Crippen LogP contribution is -2.17. The first kappa shape index (κ1) is 13.6. The van der Waals surface area contributed by atoms with Gasteiger partial charge in [-0.1, -0.05) is 37.3 Å². The molecule has 0 spiro atoms. The van der Waals surface area contributed by atoms with Crippen molar-refractivity contribution in [2.24, 2.45) is 7.05 Å². The van der Waals surface area contributed by atoms with Gasteiger partial charge in [-0.3, -0.25) is 9.48 Å². The van der Waals surface area contributed by atoms with E-state index in [-0.39, 0.29) is 5.91 Å². The Labute approximate surface area is 117 Å². The number of nitrogens with zero attached hydrogens (tertiary/aromatic N) is 2. The molecule has 1 heterocycles. The molecule has 0 saturated heterocycles. The molecule has 100 valence electrons. The molecule has 0 fully saturated rings. The van der Waals surface area contributed by atoms with Gasteiger partial charge in [0.25, 0.3) is 0 Å². The van der Waals surface area contributed by atoms with Gasteiger partial charge in [-0.05, 0) is 12.0 Å². The molecule has 1 aromatic heterocycles. The summed E-state index contributed by atoms with van der Waals surface area (Å²) in [5.74, 6) is -0.240. The van der Waals surface area contributed by atoms with E-state index in [9.17, 15) is 4.79 Å². The van der Waals surface area contributed by atoms with Gasteiger partial charge in [0.1, 0.15) is 5.38 Å². The highest BCUT2D eigenvalue weighted by Gasteiger charge is 2.19. The second-order valence-corrected chi connectivity index (χ2v) is 4.72. The van der Waals surface area contributed by atoms with Gasteiger partial charge in [0.15, 0.2) is 0 Å². The molecule has 2 aromatic rings. The number of aromatic nitrogens is 2. The van der Waals surface area contributed by atoms with Crippen molar-refractivity contribution in [2.75, 3.05) is 5.32 Å². The molecule has 1 aromatic carbocycles. The van der Waals surface area contributed by atoms with Crippen LogP contribution in [0.4, 0.5) is 5.69 Å². The number of amides is 1. The van der Waals surface area contributed by atoms with Crippen molar-refractivity contribution in [2.45, 2.75) is 18.7 Å². The Morgan fingerprint density at radius 3 is 2.74 bits per heavy atom. The topological polar surface area (TPSA) is 46.9 Å². The lowest BCUT2D eigenvalue weighted by molar-refractivity contribution is -0.116. The number of nitrogens with one attached hydrogen (secondary N) is 1. The zero-order chi connectivity index (χ0) is 13.8. The molecule has 0 radical (unpaired) electrons. The van der Waals surface area contributed by atoms with Gasteiger partial charge >= 0.3 is 0 Å². The Bertz CT molecular complexity index is 565. The van der Waals surface area contributed by atoms with E-state index in [1.54, 1.807) is 10.9 Å². The number of hydrogen-bond donors (Lipinski definition) is 1. The van der Waals surface area contributed by atoms with E-state index < -0.39 is 5.38 Å². The van der Waals surface area contributed by atoms with Crippen LogP contribution < -0.4 is 5.32 Å². The highest BCUT2D eigenvalue weighted by atomic mass is 35.5. The minimum absolute atomic E-state index is 0.240. The average Bonchev–Trinajstić information content (AvgIpc) is 2.78. The van der Waals surface area contributed by atoms with E-state index in [0.29, 0.717) is 0 Å². The third-order valence-corrected chi connectivity index (χ3v) is 3.27. The van der Waals surface area contributed by atoms with Gasteiger partial charge < -0.3 is 5.32 Å². The number of carbonyl (C=O) groups is 1. The van der Waals surface area contributed by atoms with Gasteiger partial charge in [0, 0.05) is 13.2 Å². The molecule has 1 N–H and O–H groups in total. The molecule has 0 aliphatic carbocycles. The summed E-state index contributed by atoms with van der Waals surface area (Å²) < 4.78 is 1.68. The summed E-state index contributed by atoms with van der Waals surface area (Å²) in [7, 11) is 1.82. The standard InChI is InChI=1S/C14H16ClN3O/c1-3-11-12(9-18(2)17-11)16-14(19)13(15)10-7-5-4-6-8-10/h4-9,13H,3H2,1-2H3,(H,16,19). The summed E-state index contributed by atoms with van der Waals surface area (Å²) in [6, 6.07) is 9.28. The van der Waals surface area contributed by atoms with Crippen molar-refractivity contribution in [3.63, 3.8) is 0 Å². The fourth-order valence-electron chi connectivity index (χ4n) is 1.87. The number of rotatable bonds is 4. The van der Waals surface area contributed by atoms with Crippen molar-refractivity contribution in [3.8, 4) is 0 Å². The largest absolute Gasteiger partial charge is 0.322 e. The van der Waals surface area contributed by atoms with Crippen molar-refractivity contribution >= 4 is 23.2 Å². The lowest BCUT2D eigenvalue weighted by Gasteiger charge is -2.10. The maximum Gasteiger partial charge on any atom is 0.247 e. The molecule has 4 nitrogen and oxygen atoms in total. The Balaban J connectivity index is 2.13. The van der Waals surface area contributed by atoms with Crippen LogP contribution in [0.2, 0.25) is 0 Å². The number of hydrogen-bond acceptors (Lipinski definition) is 2. The molecular formula is C14H16ClN3O. The molecule has 0 aliphatic rings. The van der Waals surface area contributed by atoms with Crippen LogP contribution >= 0.6 is 11.6 Å². The predicted molar refractivity (Wildman–Crippen MR) is 76.3 cm³/mol. The second kappa shape index (κ2) is 5.89. The van der Waals surface area contributed by atoms with Gasteiger partial charge in [0.2, 0.25) is 5.91 Å².